The smallest absolute Gasteiger partial charge is 0.00705 e. The maximum atomic E-state index is 3.89. The minimum atomic E-state index is 0. The van der Waals surface area contributed by atoms with Gasteiger partial charge in [0.15, 0.2) is 0 Å². The third-order valence-electron chi connectivity index (χ3n) is 2.08. The predicted octanol–water partition coefficient (Wildman–Crippen LogP) is 3.76. The average Bonchev–Trinajstić information content (AvgIpc) is 2.56. The van der Waals surface area contributed by atoms with E-state index in [0.29, 0.717) is 0 Å². The first kappa shape index (κ1) is 15.2. The molecule has 80 valence electrons. The largest absolute Gasteiger partial charge is 0.314 e. The van der Waals surface area contributed by atoms with Gasteiger partial charge in [-0.25, -0.2) is 0 Å². The quantitative estimate of drug-likeness (QED) is 0.660. The van der Waals surface area contributed by atoms with Crippen molar-refractivity contribution in [2.75, 3.05) is 6.54 Å². The molecule has 1 saturated heterocycles. The molecule has 1 aliphatic rings. The van der Waals surface area contributed by atoms with Gasteiger partial charge in [0.2, 0.25) is 0 Å². The van der Waals surface area contributed by atoms with E-state index in [0.717, 1.165) is 6.04 Å². The van der Waals surface area contributed by atoms with Crippen LogP contribution in [0.1, 0.15) is 53.9 Å². The second-order valence-corrected chi connectivity index (χ2v) is 3.29. The molecular weight excluding hydrogens is 158 g/mol. The van der Waals surface area contributed by atoms with Gasteiger partial charge in [0.1, 0.15) is 0 Å². The van der Waals surface area contributed by atoms with Crippen molar-refractivity contribution in [3.63, 3.8) is 0 Å². The van der Waals surface area contributed by atoms with Crippen molar-refractivity contribution in [1.29, 1.82) is 0 Å². The fourth-order valence-corrected chi connectivity index (χ4v) is 1.42. The van der Waals surface area contributed by atoms with E-state index in [9.17, 15) is 0 Å². The lowest BCUT2D eigenvalue weighted by Gasteiger charge is -2.08. The van der Waals surface area contributed by atoms with Gasteiger partial charge in [-0.3, -0.25) is 0 Å². The van der Waals surface area contributed by atoms with Crippen molar-refractivity contribution in [2.45, 2.75) is 59.9 Å². The molecule has 1 heterocycles. The molecule has 0 amide bonds. The highest BCUT2D eigenvalue weighted by Gasteiger charge is 2.12. The summed E-state index contributed by atoms with van der Waals surface area (Å²) >= 11 is 0. The topological polar surface area (TPSA) is 12.0 Å². The van der Waals surface area contributed by atoms with Crippen molar-refractivity contribution in [3.8, 4) is 0 Å². The van der Waals surface area contributed by atoms with Crippen molar-refractivity contribution in [3.05, 3.63) is 12.2 Å². The van der Waals surface area contributed by atoms with Crippen LogP contribution in [0.4, 0.5) is 0 Å². The molecule has 1 rings (SSSR count). The van der Waals surface area contributed by atoms with E-state index in [1.54, 1.807) is 0 Å². The molecule has 0 radical (unpaired) electrons. The molecule has 0 aromatic heterocycles. The molecule has 1 atom stereocenters. The monoisotopic (exact) mass is 185 g/mol. The fourth-order valence-electron chi connectivity index (χ4n) is 1.42. The van der Waals surface area contributed by atoms with Crippen LogP contribution in [-0.2, 0) is 0 Å². The first-order valence-corrected chi connectivity index (χ1v) is 5.17. The minimum Gasteiger partial charge on any atom is -0.314 e. The lowest BCUT2D eigenvalue weighted by molar-refractivity contribution is 0.558. The van der Waals surface area contributed by atoms with E-state index < -0.39 is 0 Å². The molecule has 0 aromatic carbocycles. The normalized spacial score (nSPS) is 19.8. The molecule has 1 nitrogen and oxygen atoms in total. The highest BCUT2D eigenvalue weighted by Crippen LogP contribution is 2.12. The Balaban J connectivity index is 0. The molecule has 0 aromatic rings. The summed E-state index contributed by atoms with van der Waals surface area (Å²) in [5.74, 6) is 0. The highest BCUT2D eigenvalue weighted by atomic mass is 14.9. The summed E-state index contributed by atoms with van der Waals surface area (Å²) in [6, 6.07) is 0.789. The van der Waals surface area contributed by atoms with Crippen LogP contribution in [0.2, 0.25) is 0 Å². The molecule has 1 heteroatoms. The van der Waals surface area contributed by atoms with Crippen molar-refractivity contribution >= 4 is 0 Å². The predicted molar refractivity (Wildman–Crippen MR) is 63.2 cm³/mol. The molecule has 1 aliphatic heterocycles. The van der Waals surface area contributed by atoms with Crippen molar-refractivity contribution in [1.82, 2.24) is 5.32 Å². The summed E-state index contributed by atoms with van der Waals surface area (Å²) in [4.78, 5) is 0. The minimum absolute atomic E-state index is 0. The number of rotatable bonds is 3. The van der Waals surface area contributed by atoms with E-state index in [1.807, 2.05) is 13.8 Å². The van der Waals surface area contributed by atoms with E-state index in [2.05, 4.69) is 18.8 Å². The van der Waals surface area contributed by atoms with Gasteiger partial charge < -0.3 is 5.32 Å². The van der Waals surface area contributed by atoms with Crippen LogP contribution in [0.3, 0.4) is 0 Å². The van der Waals surface area contributed by atoms with Gasteiger partial charge in [0.25, 0.3) is 0 Å². The number of hydrogen-bond acceptors (Lipinski definition) is 1. The van der Waals surface area contributed by atoms with Crippen LogP contribution < -0.4 is 5.32 Å². The van der Waals surface area contributed by atoms with Gasteiger partial charge in [0.05, 0.1) is 0 Å². The molecule has 1 unspecified atom stereocenters. The molecule has 0 aliphatic carbocycles. The Bertz CT molecular complexity index is 112. The van der Waals surface area contributed by atoms with Gasteiger partial charge in [-0.1, -0.05) is 26.8 Å². The Labute approximate surface area is 84.6 Å². The SMILES string of the molecule is C.C=C(C)CCC1CCCN1.CC. The summed E-state index contributed by atoms with van der Waals surface area (Å²) in [5, 5.41) is 3.47. The zero-order chi connectivity index (χ0) is 9.40. The molecule has 0 spiro atoms. The lowest BCUT2D eigenvalue weighted by Crippen LogP contribution is -2.20. The van der Waals surface area contributed by atoms with Crippen LogP contribution in [0.25, 0.3) is 0 Å². The lowest BCUT2D eigenvalue weighted by atomic mass is 10.1. The molecule has 1 fully saturated rings. The van der Waals surface area contributed by atoms with E-state index >= 15 is 0 Å². The Morgan fingerprint density at radius 3 is 2.46 bits per heavy atom. The summed E-state index contributed by atoms with van der Waals surface area (Å²) in [7, 11) is 0. The Hall–Kier alpha value is -0.300. The maximum Gasteiger partial charge on any atom is 0.00705 e. The number of nitrogens with one attached hydrogen (secondary N) is 1. The van der Waals surface area contributed by atoms with Crippen LogP contribution in [-0.4, -0.2) is 12.6 Å². The maximum absolute atomic E-state index is 3.89. The zero-order valence-electron chi connectivity index (χ0n) is 8.82. The third-order valence-corrected chi connectivity index (χ3v) is 2.08. The summed E-state index contributed by atoms with van der Waals surface area (Å²) < 4.78 is 0. The van der Waals surface area contributed by atoms with Gasteiger partial charge in [-0.2, -0.15) is 0 Å². The molecular formula is C12H27N. The van der Waals surface area contributed by atoms with Crippen molar-refractivity contribution in [2.24, 2.45) is 0 Å². The van der Waals surface area contributed by atoms with Gasteiger partial charge in [-0.15, -0.1) is 6.58 Å². The van der Waals surface area contributed by atoms with Crippen LogP contribution in [0.15, 0.2) is 12.2 Å². The van der Waals surface area contributed by atoms with Gasteiger partial charge in [-0.05, 0) is 39.2 Å². The summed E-state index contributed by atoms with van der Waals surface area (Å²) in [5.41, 5.74) is 1.31. The second kappa shape index (κ2) is 9.79. The third kappa shape index (κ3) is 8.04. The second-order valence-electron chi connectivity index (χ2n) is 3.29. The first-order valence-electron chi connectivity index (χ1n) is 5.17. The Morgan fingerprint density at radius 1 is 1.46 bits per heavy atom. The first-order chi connectivity index (χ1) is 5.79. The van der Waals surface area contributed by atoms with Crippen LogP contribution in [0.5, 0.6) is 0 Å². The van der Waals surface area contributed by atoms with Crippen LogP contribution in [0, 0.1) is 0 Å². The molecule has 1 N–H and O–H groups in total. The average molecular weight is 185 g/mol. The Morgan fingerprint density at radius 2 is 2.08 bits per heavy atom. The van der Waals surface area contributed by atoms with Gasteiger partial charge in [0, 0.05) is 6.04 Å². The number of hydrogen-bond donors (Lipinski definition) is 1. The zero-order valence-corrected chi connectivity index (χ0v) is 8.82. The van der Waals surface area contributed by atoms with E-state index in [-0.39, 0.29) is 7.43 Å². The van der Waals surface area contributed by atoms with Crippen molar-refractivity contribution < 1.29 is 0 Å². The standard InChI is InChI=1S/C9H17N.C2H6.CH4/c1-8(2)5-6-9-4-3-7-10-9;1-2;/h9-10H,1,3-7H2,2H3;1-2H3;1H4. The Kier molecular flexibility index (Phi) is 11.4. The van der Waals surface area contributed by atoms with E-state index in [4.69, 9.17) is 0 Å². The molecule has 13 heavy (non-hydrogen) atoms. The molecule has 0 bridgehead atoms. The highest BCUT2D eigenvalue weighted by molar-refractivity contribution is 4.90. The fraction of sp³-hybridized carbons (Fsp3) is 0.833. The number of allylic oxidation sites excluding steroid dienone is 1. The van der Waals surface area contributed by atoms with E-state index in [1.165, 1.54) is 37.8 Å². The summed E-state index contributed by atoms with van der Waals surface area (Å²) in [6.45, 7) is 11.2. The summed E-state index contributed by atoms with van der Waals surface area (Å²) in [6.07, 6.45) is 5.21. The molecule has 0 saturated carbocycles. The van der Waals surface area contributed by atoms with Gasteiger partial charge >= 0.3 is 0 Å². The van der Waals surface area contributed by atoms with Crippen LogP contribution >= 0.6 is 0 Å².